The normalized spacial score (nSPS) is 12.4. The number of anilines is 3. The largest absolute Gasteiger partial charge is 0.456 e. The van der Waals surface area contributed by atoms with Crippen LogP contribution in [0, 0.1) is 0 Å². The third-order valence-electron chi connectivity index (χ3n) is 9.65. The van der Waals surface area contributed by atoms with Crippen LogP contribution < -0.4 is 4.90 Å². The molecular weight excluding hydrogens is 621 g/mol. The first-order valence-corrected chi connectivity index (χ1v) is 17.1. The molecule has 6 heteroatoms. The van der Waals surface area contributed by atoms with Crippen LogP contribution in [0.15, 0.2) is 150 Å². The number of aromatic nitrogens is 3. The summed E-state index contributed by atoms with van der Waals surface area (Å²) in [5.41, 5.74) is 7.98. The third kappa shape index (κ3) is 3.95. The fraction of sp³-hybridized carbons (Fsp3) is 0. The first kappa shape index (κ1) is 26.7. The Morgan fingerprint density at radius 3 is 2.02 bits per heavy atom. The lowest BCUT2D eigenvalue weighted by Gasteiger charge is -2.32. The minimum atomic E-state index is 0.571. The topological polar surface area (TPSA) is 55.1 Å². The van der Waals surface area contributed by atoms with Crippen LogP contribution in [0.5, 0.6) is 0 Å². The Morgan fingerprint density at radius 2 is 1.12 bits per heavy atom. The SMILES string of the molecule is c1ccc2c(c1)-c1cccc3cccc(c13)N2c1nc(-c2ccc3oc4ccccc4c3c2)nc(-c2ccc3sc4ccccc4c3c2)n1. The highest BCUT2D eigenvalue weighted by Gasteiger charge is 2.28. The Hall–Kier alpha value is -6.37. The number of rotatable bonds is 3. The maximum atomic E-state index is 6.17. The molecule has 5 nitrogen and oxygen atoms in total. The molecule has 0 N–H and O–H groups in total. The average molecular weight is 645 g/mol. The van der Waals surface area contributed by atoms with Gasteiger partial charge in [-0.25, -0.2) is 4.98 Å². The van der Waals surface area contributed by atoms with E-state index in [4.69, 9.17) is 19.4 Å². The van der Waals surface area contributed by atoms with E-state index < -0.39 is 0 Å². The summed E-state index contributed by atoms with van der Waals surface area (Å²) in [4.78, 5) is 17.9. The molecule has 0 unspecified atom stereocenters. The van der Waals surface area contributed by atoms with Gasteiger partial charge < -0.3 is 4.42 Å². The summed E-state index contributed by atoms with van der Waals surface area (Å²) in [5.74, 6) is 1.80. The van der Waals surface area contributed by atoms with E-state index in [0.29, 0.717) is 17.6 Å². The van der Waals surface area contributed by atoms with Crippen molar-refractivity contribution in [3.05, 3.63) is 146 Å². The van der Waals surface area contributed by atoms with Gasteiger partial charge in [0.2, 0.25) is 5.95 Å². The predicted octanol–water partition coefficient (Wildman–Crippen LogP) is 12.1. The van der Waals surface area contributed by atoms with Crippen molar-refractivity contribution in [2.24, 2.45) is 0 Å². The minimum Gasteiger partial charge on any atom is -0.456 e. The number of furan rings is 1. The van der Waals surface area contributed by atoms with Crippen molar-refractivity contribution in [1.29, 1.82) is 0 Å². The highest BCUT2D eigenvalue weighted by molar-refractivity contribution is 7.25. The van der Waals surface area contributed by atoms with E-state index in [-0.39, 0.29) is 0 Å². The van der Waals surface area contributed by atoms with Crippen molar-refractivity contribution in [1.82, 2.24) is 15.0 Å². The zero-order valence-corrected chi connectivity index (χ0v) is 26.8. The van der Waals surface area contributed by atoms with Gasteiger partial charge in [0.05, 0.1) is 11.4 Å². The molecule has 0 saturated carbocycles. The molecule has 0 amide bonds. The fourth-order valence-electron chi connectivity index (χ4n) is 7.43. The predicted molar refractivity (Wildman–Crippen MR) is 202 cm³/mol. The highest BCUT2D eigenvalue weighted by Crippen LogP contribution is 2.50. The Bertz CT molecular complexity index is 2840. The lowest BCUT2D eigenvalue weighted by Crippen LogP contribution is -2.18. The second kappa shape index (κ2) is 10.1. The number of hydrogen-bond acceptors (Lipinski definition) is 6. The fourth-order valence-corrected chi connectivity index (χ4v) is 8.51. The molecule has 1 aliphatic rings. The van der Waals surface area contributed by atoms with Gasteiger partial charge in [0, 0.05) is 53.0 Å². The van der Waals surface area contributed by atoms with Crippen molar-refractivity contribution in [2.45, 2.75) is 0 Å². The van der Waals surface area contributed by atoms with Crippen LogP contribution in [0.1, 0.15) is 0 Å². The molecule has 7 aromatic carbocycles. The summed E-state index contributed by atoms with van der Waals surface area (Å²) in [5, 5.41) is 6.90. The number of benzene rings is 7. The van der Waals surface area contributed by atoms with Gasteiger partial charge in [-0.2, -0.15) is 9.97 Å². The number of fused-ring (bicyclic) bond motifs is 8. The summed E-state index contributed by atoms with van der Waals surface area (Å²) in [7, 11) is 0. The number of para-hydroxylation sites is 2. The zero-order chi connectivity index (χ0) is 32.1. The quantitative estimate of drug-likeness (QED) is 0.192. The van der Waals surface area contributed by atoms with Gasteiger partial charge in [0.25, 0.3) is 0 Å². The maximum absolute atomic E-state index is 6.17. The molecule has 3 aromatic heterocycles. The molecular formula is C43H24N4OS. The summed E-state index contributed by atoms with van der Waals surface area (Å²) in [6, 6.07) is 50.9. The standard InChI is InChI=1S/C43H24N4OS/c1-4-15-34-28(11-1)31-14-7-9-25-10-8-16-35(40(25)31)47(34)43-45-41(26-19-21-37-32(23-26)29-12-2-5-17-36(29)48-37)44-42(46-43)27-20-22-39-33(24-27)30-13-3-6-18-38(30)49-39/h1-24H. The highest BCUT2D eigenvalue weighted by atomic mass is 32.1. The summed E-state index contributed by atoms with van der Waals surface area (Å²) in [6.45, 7) is 0. The molecule has 0 fully saturated rings. The molecule has 10 aromatic rings. The second-order valence-corrected chi connectivity index (χ2v) is 13.5. The molecule has 1 aliphatic heterocycles. The van der Waals surface area contributed by atoms with Gasteiger partial charge in [0.1, 0.15) is 11.2 Å². The van der Waals surface area contributed by atoms with Gasteiger partial charge in [-0.1, -0.05) is 84.9 Å². The van der Waals surface area contributed by atoms with Crippen LogP contribution in [0.2, 0.25) is 0 Å². The summed E-state index contributed by atoms with van der Waals surface area (Å²) in [6.07, 6.45) is 0. The lowest BCUT2D eigenvalue weighted by molar-refractivity contribution is 0.669. The van der Waals surface area contributed by atoms with Crippen LogP contribution in [0.3, 0.4) is 0 Å². The third-order valence-corrected chi connectivity index (χ3v) is 10.8. The first-order valence-electron chi connectivity index (χ1n) is 16.3. The molecule has 228 valence electrons. The molecule has 0 bridgehead atoms. The zero-order valence-electron chi connectivity index (χ0n) is 26.0. The number of hydrogen-bond donors (Lipinski definition) is 0. The molecule has 0 saturated heterocycles. The Balaban J connectivity index is 1.19. The van der Waals surface area contributed by atoms with Gasteiger partial charge >= 0.3 is 0 Å². The van der Waals surface area contributed by atoms with E-state index in [9.17, 15) is 0 Å². The number of nitrogens with zero attached hydrogens (tertiary/aromatic N) is 4. The molecule has 0 radical (unpaired) electrons. The van der Waals surface area contributed by atoms with Crippen LogP contribution in [-0.2, 0) is 0 Å². The average Bonchev–Trinajstić information content (AvgIpc) is 3.72. The lowest BCUT2D eigenvalue weighted by atomic mass is 9.91. The van der Waals surface area contributed by atoms with E-state index in [0.717, 1.165) is 50.0 Å². The van der Waals surface area contributed by atoms with E-state index in [1.54, 1.807) is 11.3 Å². The van der Waals surface area contributed by atoms with Crippen molar-refractivity contribution in [2.75, 3.05) is 4.90 Å². The Morgan fingerprint density at radius 1 is 0.469 bits per heavy atom. The monoisotopic (exact) mass is 644 g/mol. The van der Waals surface area contributed by atoms with Crippen molar-refractivity contribution < 1.29 is 4.42 Å². The maximum Gasteiger partial charge on any atom is 0.238 e. The molecule has 0 spiro atoms. The second-order valence-electron chi connectivity index (χ2n) is 12.4. The first-order chi connectivity index (χ1) is 24.3. The van der Waals surface area contributed by atoms with Crippen LogP contribution in [0.25, 0.3) is 86.8 Å². The molecule has 49 heavy (non-hydrogen) atoms. The van der Waals surface area contributed by atoms with Crippen molar-refractivity contribution in [3.63, 3.8) is 0 Å². The van der Waals surface area contributed by atoms with Crippen LogP contribution >= 0.6 is 11.3 Å². The molecule has 0 aliphatic carbocycles. The van der Waals surface area contributed by atoms with Gasteiger partial charge in [0.15, 0.2) is 11.6 Å². The van der Waals surface area contributed by atoms with Crippen LogP contribution in [0.4, 0.5) is 17.3 Å². The smallest absolute Gasteiger partial charge is 0.238 e. The molecule has 4 heterocycles. The van der Waals surface area contributed by atoms with Crippen LogP contribution in [-0.4, -0.2) is 15.0 Å². The molecule has 11 rings (SSSR count). The van der Waals surface area contributed by atoms with E-state index in [2.05, 4.69) is 120 Å². The van der Waals surface area contributed by atoms with Gasteiger partial charge in [-0.3, -0.25) is 4.90 Å². The van der Waals surface area contributed by atoms with Crippen molar-refractivity contribution in [3.8, 4) is 33.9 Å². The van der Waals surface area contributed by atoms with E-state index in [1.165, 1.54) is 36.5 Å². The minimum absolute atomic E-state index is 0.571. The van der Waals surface area contributed by atoms with Gasteiger partial charge in [-0.15, -0.1) is 11.3 Å². The number of thiophene rings is 1. The summed E-state index contributed by atoms with van der Waals surface area (Å²) >= 11 is 1.81. The Labute approximate surface area is 284 Å². The van der Waals surface area contributed by atoms with Crippen molar-refractivity contribution >= 4 is 81.5 Å². The molecule has 0 atom stereocenters. The van der Waals surface area contributed by atoms with E-state index >= 15 is 0 Å². The Kier molecular flexibility index (Phi) is 5.48. The van der Waals surface area contributed by atoms with E-state index in [1.807, 2.05) is 30.3 Å². The van der Waals surface area contributed by atoms with Gasteiger partial charge in [-0.05, 0) is 71.6 Å². The summed E-state index contributed by atoms with van der Waals surface area (Å²) < 4.78 is 8.68.